The number of benzene rings is 2. The molecule has 1 unspecified atom stereocenters. The molecule has 0 fully saturated rings. The van der Waals surface area contributed by atoms with Crippen LogP contribution >= 0.6 is 0 Å². The Balaban J connectivity index is 2.12. The number of nitrogens with zero attached hydrogens (tertiary/aromatic N) is 3. The maximum atomic E-state index is 9.29. The predicted octanol–water partition coefficient (Wildman–Crippen LogP) is 2.81. The van der Waals surface area contributed by atoms with Crippen molar-refractivity contribution in [2.75, 3.05) is 0 Å². The Labute approximate surface area is 123 Å². The second-order valence-electron chi connectivity index (χ2n) is 4.90. The fraction of sp³-hybridized carbons (Fsp3) is 0.118. The molecular formula is C17H14N4. The topological polar surface area (TPSA) is 74.5 Å². The maximum absolute atomic E-state index is 9.29. The van der Waals surface area contributed by atoms with Crippen molar-refractivity contribution < 1.29 is 0 Å². The number of amidine groups is 1. The summed E-state index contributed by atoms with van der Waals surface area (Å²) in [6.45, 7) is 0. The third-order valence-corrected chi connectivity index (χ3v) is 3.55. The number of hydrogen-bond donors (Lipinski definition) is 1. The Bertz CT molecular complexity index is 754. The number of nitrogens with two attached hydrogens (primary N) is 1. The first-order chi connectivity index (χ1) is 10.3. The smallest absolute Gasteiger partial charge is 0.123 e. The molecule has 0 aromatic heterocycles. The van der Waals surface area contributed by atoms with Gasteiger partial charge in [-0.15, -0.1) is 5.10 Å². The Kier molecular flexibility index (Phi) is 3.48. The number of rotatable bonds is 2. The highest BCUT2D eigenvalue weighted by Crippen LogP contribution is 2.29. The van der Waals surface area contributed by atoms with E-state index in [1.165, 1.54) is 0 Å². The van der Waals surface area contributed by atoms with Crippen LogP contribution < -0.4 is 5.73 Å². The molecule has 1 atom stereocenters. The molecule has 0 spiro atoms. The molecule has 1 aliphatic rings. The zero-order chi connectivity index (χ0) is 14.7. The molecule has 4 nitrogen and oxygen atoms in total. The summed E-state index contributed by atoms with van der Waals surface area (Å²) in [5.41, 5.74) is 9.21. The van der Waals surface area contributed by atoms with E-state index in [1.807, 2.05) is 48.5 Å². The van der Waals surface area contributed by atoms with Crippen molar-refractivity contribution >= 4 is 11.5 Å². The average Bonchev–Trinajstić information content (AvgIpc) is 2.55. The Hall–Kier alpha value is -2.93. The summed E-state index contributed by atoms with van der Waals surface area (Å²) < 4.78 is 0. The van der Waals surface area contributed by atoms with Gasteiger partial charge in [0.15, 0.2) is 0 Å². The molecule has 1 aliphatic heterocycles. The van der Waals surface area contributed by atoms with Crippen molar-refractivity contribution in [3.05, 3.63) is 71.3 Å². The molecule has 3 rings (SSSR count). The zero-order valence-corrected chi connectivity index (χ0v) is 11.4. The molecule has 0 bridgehead atoms. The lowest BCUT2D eigenvalue weighted by molar-refractivity contribution is 0.886. The summed E-state index contributed by atoms with van der Waals surface area (Å²) in [5.74, 6) is 0.542. The lowest BCUT2D eigenvalue weighted by Gasteiger charge is -2.22. The minimum atomic E-state index is 0.0261. The molecule has 0 saturated heterocycles. The standard InChI is InChI=1S/C17H14N4/c18-11-13-8-4-5-9-14(13)17-15(10-16(19)20-21-17)12-6-2-1-3-7-12/h1-9,15H,10H2,(H2,19,20). The van der Waals surface area contributed by atoms with Crippen LogP contribution in [0.3, 0.4) is 0 Å². The van der Waals surface area contributed by atoms with E-state index >= 15 is 0 Å². The van der Waals surface area contributed by atoms with Crippen LogP contribution in [0.4, 0.5) is 0 Å². The molecule has 0 aliphatic carbocycles. The highest BCUT2D eigenvalue weighted by molar-refractivity contribution is 6.10. The Morgan fingerprint density at radius 3 is 2.48 bits per heavy atom. The first kappa shape index (κ1) is 13.1. The van der Waals surface area contributed by atoms with Crippen LogP contribution in [-0.2, 0) is 0 Å². The van der Waals surface area contributed by atoms with Crippen molar-refractivity contribution in [2.45, 2.75) is 12.3 Å². The van der Waals surface area contributed by atoms with Crippen LogP contribution in [0.5, 0.6) is 0 Å². The largest absolute Gasteiger partial charge is 0.386 e. The van der Waals surface area contributed by atoms with Crippen LogP contribution in [-0.4, -0.2) is 11.5 Å². The van der Waals surface area contributed by atoms with Crippen molar-refractivity contribution in [1.82, 2.24) is 0 Å². The molecule has 0 saturated carbocycles. The van der Waals surface area contributed by atoms with Crippen molar-refractivity contribution in [3.8, 4) is 6.07 Å². The van der Waals surface area contributed by atoms with Crippen LogP contribution in [0.25, 0.3) is 0 Å². The lowest BCUT2D eigenvalue weighted by atomic mass is 9.85. The summed E-state index contributed by atoms with van der Waals surface area (Å²) in [6.07, 6.45) is 0.614. The Morgan fingerprint density at radius 2 is 1.71 bits per heavy atom. The average molecular weight is 274 g/mol. The minimum Gasteiger partial charge on any atom is -0.386 e. The fourth-order valence-corrected chi connectivity index (χ4v) is 2.54. The maximum Gasteiger partial charge on any atom is 0.123 e. The van der Waals surface area contributed by atoms with Crippen molar-refractivity contribution in [2.24, 2.45) is 15.9 Å². The summed E-state index contributed by atoms with van der Waals surface area (Å²) >= 11 is 0. The van der Waals surface area contributed by atoms with E-state index in [9.17, 15) is 5.26 Å². The molecule has 2 aromatic rings. The second-order valence-corrected chi connectivity index (χ2v) is 4.90. The molecule has 2 N–H and O–H groups in total. The summed E-state index contributed by atoms with van der Waals surface area (Å²) in [4.78, 5) is 0. The van der Waals surface area contributed by atoms with E-state index in [1.54, 1.807) is 6.07 Å². The van der Waals surface area contributed by atoms with Crippen LogP contribution in [0.1, 0.15) is 29.0 Å². The first-order valence-electron chi connectivity index (χ1n) is 6.74. The van der Waals surface area contributed by atoms with E-state index < -0.39 is 0 Å². The van der Waals surface area contributed by atoms with Crippen molar-refractivity contribution in [3.63, 3.8) is 0 Å². The highest BCUT2D eigenvalue weighted by Gasteiger charge is 2.26. The van der Waals surface area contributed by atoms with Gasteiger partial charge in [-0.2, -0.15) is 10.4 Å². The molecular weight excluding hydrogens is 260 g/mol. The second kappa shape index (κ2) is 5.59. The van der Waals surface area contributed by atoms with Gasteiger partial charge in [-0.05, 0) is 11.6 Å². The quantitative estimate of drug-likeness (QED) is 0.914. The van der Waals surface area contributed by atoms with Crippen LogP contribution in [0, 0.1) is 11.3 Å². The third kappa shape index (κ3) is 2.54. The van der Waals surface area contributed by atoms with Gasteiger partial charge in [0, 0.05) is 17.9 Å². The van der Waals surface area contributed by atoms with E-state index in [2.05, 4.69) is 16.3 Å². The third-order valence-electron chi connectivity index (χ3n) is 3.55. The summed E-state index contributed by atoms with van der Waals surface area (Å²) in [6, 6.07) is 19.7. The normalized spacial score (nSPS) is 17.6. The lowest BCUT2D eigenvalue weighted by Crippen LogP contribution is -2.26. The predicted molar refractivity (Wildman–Crippen MR) is 83.1 cm³/mol. The first-order valence-corrected chi connectivity index (χ1v) is 6.74. The fourth-order valence-electron chi connectivity index (χ4n) is 2.54. The van der Waals surface area contributed by atoms with Gasteiger partial charge < -0.3 is 5.73 Å². The van der Waals surface area contributed by atoms with E-state index in [4.69, 9.17) is 5.73 Å². The summed E-state index contributed by atoms with van der Waals surface area (Å²) in [5, 5.41) is 17.6. The molecule has 2 aromatic carbocycles. The van der Waals surface area contributed by atoms with Gasteiger partial charge in [-0.3, -0.25) is 0 Å². The van der Waals surface area contributed by atoms with E-state index in [0.717, 1.165) is 16.8 Å². The SMILES string of the molecule is N#Cc1ccccc1C1=NN=C(N)CC1c1ccccc1. The van der Waals surface area contributed by atoms with Gasteiger partial charge in [-0.1, -0.05) is 48.5 Å². The monoisotopic (exact) mass is 274 g/mol. The van der Waals surface area contributed by atoms with Crippen molar-refractivity contribution in [1.29, 1.82) is 5.26 Å². The zero-order valence-electron chi connectivity index (χ0n) is 11.4. The molecule has 21 heavy (non-hydrogen) atoms. The van der Waals surface area contributed by atoms with Crippen LogP contribution in [0.2, 0.25) is 0 Å². The molecule has 4 heteroatoms. The molecule has 102 valence electrons. The van der Waals surface area contributed by atoms with Gasteiger partial charge in [-0.25, -0.2) is 0 Å². The van der Waals surface area contributed by atoms with Gasteiger partial charge >= 0.3 is 0 Å². The minimum absolute atomic E-state index is 0.0261. The van der Waals surface area contributed by atoms with E-state index in [0.29, 0.717) is 17.8 Å². The molecule has 1 heterocycles. The van der Waals surface area contributed by atoms with Gasteiger partial charge in [0.1, 0.15) is 5.84 Å². The number of hydrogen-bond acceptors (Lipinski definition) is 4. The molecule has 0 radical (unpaired) electrons. The van der Waals surface area contributed by atoms with E-state index in [-0.39, 0.29) is 5.92 Å². The van der Waals surface area contributed by atoms with Crippen LogP contribution in [0.15, 0.2) is 64.8 Å². The summed E-state index contributed by atoms with van der Waals surface area (Å²) in [7, 11) is 0. The molecule has 0 amide bonds. The van der Waals surface area contributed by atoms with Gasteiger partial charge in [0.2, 0.25) is 0 Å². The van der Waals surface area contributed by atoms with Gasteiger partial charge in [0.25, 0.3) is 0 Å². The van der Waals surface area contributed by atoms with Gasteiger partial charge in [0.05, 0.1) is 17.3 Å². The Morgan fingerprint density at radius 1 is 1.00 bits per heavy atom. The number of nitriles is 1. The highest BCUT2D eigenvalue weighted by atomic mass is 15.2.